The van der Waals surface area contributed by atoms with Crippen LogP contribution in [-0.4, -0.2) is 0 Å². The molecule has 0 fully saturated rings. The average Bonchev–Trinajstić information content (AvgIpc) is 2.55. The average molecular weight is 330 g/mol. The van der Waals surface area contributed by atoms with Crippen molar-refractivity contribution in [1.82, 2.24) is 0 Å². The summed E-state index contributed by atoms with van der Waals surface area (Å²) in [4.78, 5) is 0. The largest absolute Gasteiger partial charge is 0.212 e. The molecule has 1 aromatic heterocycles. The molecule has 25 heavy (non-hydrogen) atoms. The topological polar surface area (TPSA) is 3.88 Å². The second kappa shape index (κ2) is 6.84. The van der Waals surface area contributed by atoms with E-state index >= 15 is 0 Å². The van der Waals surface area contributed by atoms with E-state index in [0.29, 0.717) is 5.41 Å². The third-order valence-electron chi connectivity index (χ3n) is 4.58. The number of pyridine rings is 1. The first-order valence-corrected chi connectivity index (χ1v) is 8.98. The number of hydrogen-bond donors (Lipinski definition) is 0. The molecule has 0 aliphatic carbocycles. The van der Waals surface area contributed by atoms with Gasteiger partial charge < -0.3 is 0 Å². The fourth-order valence-corrected chi connectivity index (χ4v) is 3.35. The van der Waals surface area contributed by atoms with Gasteiger partial charge >= 0.3 is 0 Å². The number of hydrogen-bond acceptors (Lipinski definition) is 0. The van der Waals surface area contributed by atoms with Crippen molar-refractivity contribution in [3.05, 3.63) is 78.0 Å². The van der Waals surface area contributed by atoms with Crippen molar-refractivity contribution in [2.24, 2.45) is 12.5 Å². The standard InChI is InChI=1S/C24H28N/c1-18-8-6-7-9-22(18)23-15-14-21(17-25(23)5)20-12-10-19(11-13-20)16-24(2,3)4/h6-15,17H,16H2,1-5H3/q+1. The number of rotatable bonds is 3. The maximum absolute atomic E-state index is 2.28. The minimum absolute atomic E-state index is 0.323. The molecule has 0 aliphatic heterocycles. The van der Waals surface area contributed by atoms with Gasteiger partial charge in [0, 0.05) is 17.2 Å². The molecule has 3 rings (SSSR count). The summed E-state index contributed by atoms with van der Waals surface area (Å²) in [5.74, 6) is 0. The van der Waals surface area contributed by atoms with Gasteiger partial charge in [0.1, 0.15) is 7.05 Å². The zero-order valence-electron chi connectivity index (χ0n) is 16.0. The van der Waals surface area contributed by atoms with Crippen molar-refractivity contribution in [2.75, 3.05) is 0 Å². The van der Waals surface area contributed by atoms with Crippen LogP contribution in [0.1, 0.15) is 31.9 Å². The van der Waals surface area contributed by atoms with Gasteiger partial charge in [0.15, 0.2) is 6.20 Å². The van der Waals surface area contributed by atoms with Crippen molar-refractivity contribution < 1.29 is 4.57 Å². The zero-order chi connectivity index (χ0) is 18.0. The Bertz CT molecular complexity index is 867. The fraction of sp³-hybridized carbons (Fsp3) is 0.292. The molecule has 1 heterocycles. The highest BCUT2D eigenvalue weighted by molar-refractivity contribution is 5.66. The van der Waals surface area contributed by atoms with E-state index < -0.39 is 0 Å². The van der Waals surface area contributed by atoms with Crippen molar-refractivity contribution in [1.29, 1.82) is 0 Å². The number of aryl methyl sites for hydroxylation is 2. The Morgan fingerprint density at radius 2 is 1.44 bits per heavy atom. The smallest absolute Gasteiger partial charge is 0.200 e. The van der Waals surface area contributed by atoms with Crippen LogP contribution >= 0.6 is 0 Å². The molecule has 0 bridgehead atoms. The lowest BCUT2D eigenvalue weighted by atomic mass is 9.88. The Hall–Kier alpha value is -2.41. The third-order valence-corrected chi connectivity index (χ3v) is 4.58. The minimum atomic E-state index is 0.323. The van der Waals surface area contributed by atoms with Crippen LogP contribution < -0.4 is 4.57 Å². The molecule has 0 unspecified atom stereocenters. The lowest BCUT2D eigenvalue weighted by molar-refractivity contribution is -0.659. The number of aromatic nitrogens is 1. The van der Waals surface area contributed by atoms with Crippen LogP contribution in [0.5, 0.6) is 0 Å². The van der Waals surface area contributed by atoms with E-state index in [-0.39, 0.29) is 0 Å². The van der Waals surface area contributed by atoms with Gasteiger partial charge in [-0.1, -0.05) is 63.2 Å². The first-order valence-electron chi connectivity index (χ1n) is 8.98. The first kappa shape index (κ1) is 17.4. The van der Waals surface area contributed by atoms with Gasteiger partial charge in [-0.05, 0) is 47.6 Å². The van der Waals surface area contributed by atoms with Gasteiger partial charge in [0.2, 0.25) is 5.69 Å². The van der Waals surface area contributed by atoms with Crippen LogP contribution in [0.15, 0.2) is 66.9 Å². The maximum Gasteiger partial charge on any atom is 0.212 e. The summed E-state index contributed by atoms with van der Waals surface area (Å²) in [6, 6.07) is 22.0. The fourth-order valence-electron chi connectivity index (χ4n) is 3.35. The molecule has 0 N–H and O–H groups in total. The Kier molecular flexibility index (Phi) is 4.76. The predicted molar refractivity (Wildman–Crippen MR) is 106 cm³/mol. The Morgan fingerprint density at radius 1 is 0.800 bits per heavy atom. The molecule has 0 atom stereocenters. The second-order valence-corrected chi connectivity index (χ2v) is 8.16. The summed E-state index contributed by atoms with van der Waals surface area (Å²) >= 11 is 0. The van der Waals surface area contributed by atoms with Gasteiger partial charge in [-0.3, -0.25) is 0 Å². The highest BCUT2D eigenvalue weighted by Crippen LogP contribution is 2.25. The van der Waals surface area contributed by atoms with Crippen LogP contribution in [0.4, 0.5) is 0 Å². The molecular formula is C24H28N+. The van der Waals surface area contributed by atoms with Crippen molar-refractivity contribution in [2.45, 2.75) is 34.1 Å². The summed E-state index contributed by atoms with van der Waals surface area (Å²) in [5.41, 5.74) is 8.08. The normalized spacial score (nSPS) is 11.6. The van der Waals surface area contributed by atoms with E-state index in [2.05, 4.69) is 106 Å². The van der Waals surface area contributed by atoms with Gasteiger partial charge in [0.25, 0.3) is 0 Å². The van der Waals surface area contributed by atoms with Gasteiger partial charge in [-0.2, -0.15) is 0 Å². The zero-order valence-corrected chi connectivity index (χ0v) is 16.0. The van der Waals surface area contributed by atoms with Crippen LogP contribution in [0.3, 0.4) is 0 Å². The molecule has 3 aromatic rings. The monoisotopic (exact) mass is 330 g/mol. The molecule has 1 heteroatoms. The summed E-state index contributed by atoms with van der Waals surface area (Å²) < 4.78 is 2.22. The molecule has 0 radical (unpaired) electrons. The third kappa shape index (κ3) is 4.17. The summed E-state index contributed by atoms with van der Waals surface area (Å²) in [5, 5.41) is 0. The minimum Gasteiger partial charge on any atom is -0.200 e. The van der Waals surface area contributed by atoms with Crippen molar-refractivity contribution in [3.63, 3.8) is 0 Å². The summed E-state index contributed by atoms with van der Waals surface area (Å²) in [6.45, 7) is 9.01. The Balaban J connectivity index is 1.89. The van der Waals surface area contributed by atoms with E-state index in [9.17, 15) is 0 Å². The van der Waals surface area contributed by atoms with E-state index in [1.807, 2.05) is 0 Å². The molecule has 0 spiro atoms. The Labute approximate surface area is 152 Å². The summed E-state index contributed by atoms with van der Waals surface area (Å²) in [6.07, 6.45) is 3.33. The maximum atomic E-state index is 2.28. The SMILES string of the molecule is Cc1ccccc1-c1ccc(-c2ccc(CC(C)(C)C)cc2)c[n+]1C. The highest BCUT2D eigenvalue weighted by Gasteiger charge is 2.14. The first-order chi connectivity index (χ1) is 11.8. The van der Waals surface area contributed by atoms with E-state index in [0.717, 1.165) is 6.42 Å². The molecule has 2 aromatic carbocycles. The molecule has 1 nitrogen and oxygen atoms in total. The van der Waals surface area contributed by atoms with E-state index in [1.165, 1.54) is 33.5 Å². The van der Waals surface area contributed by atoms with Crippen molar-refractivity contribution >= 4 is 0 Å². The van der Waals surface area contributed by atoms with Gasteiger partial charge in [0.05, 0.1) is 0 Å². The van der Waals surface area contributed by atoms with Crippen LogP contribution in [0.25, 0.3) is 22.4 Å². The Morgan fingerprint density at radius 3 is 2.04 bits per heavy atom. The lowest BCUT2D eigenvalue weighted by Crippen LogP contribution is -2.30. The molecule has 0 saturated carbocycles. The molecular weight excluding hydrogens is 302 g/mol. The van der Waals surface area contributed by atoms with Crippen LogP contribution in [0.2, 0.25) is 0 Å². The van der Waals surface area contributed by atoms with Crippen LogP contribution in [-0.2, 0) is 13.5 Å². The predicted octanol–water partition coefficient (Wildman–Crippen LogP) is 5.74. The van der Waals surface area contributed by atoms with Crippen LogP contribution in [0, 0.1) is 12.3 Å². The summed E-state index contributed by atoms with van der Waals surface area (Å²) in [7, 11) is 2.12. The van der Waals surface area contributed by atoms with Gasteiger partial charge in [-0.25, -0.2) is 4.57 Å². The molecule has 0 amide bonds. The molecule has 128 valence electrons. The number of benzene rings is 2. The van der Waals surface area contributed by atoms with E-state index in [4.69, 9.17) is 0 Å². The second-order valence-electron chi connectivity index (χ2n) is 8.16. The molecule has 0 saturated heterocycles. The highest BCUT2D eigenvalue weighted by atomic mass is 14.9. The molecule has 0 aliphatic rings. The van der Waals surface area contributed by atoms with Crippen molar-refractivity contribution in [3.8, 4) is 22.4 Å². The van der Waals surface area contributed by atoms with E-state index in [1.54, 1.807) is 0 Å². The number of nitrogens with zero attached hydrogens (tertiary/aromatic N) is 1. The quantitative estimate of drug-likeness (QED) is 0.539. The van der Waals surface area contributed by atoms with Gasteiger partial charge in [-0.15, -0.1) is 0 Å². The lowest BCUT2D eigenvalue weighted by Gasteiger charge is -2.18.